The molecule has 0 amide bonds. The molecule has 0 aromatic heterocycles. The van der Waals surface area contributed by atoms with Crippen molar-refractivity contribution in [1.29, 1.82) is 0 Å². The van der Waals surface area contributed by atoms with Gasteiger partial charge in [0.15, 0.2) is 0 Å². The maximum absolute atomic E-state index is 2.33. The number of hydrogen-bond donors (Lipinski definition) is 0. The minimum atomic E-state index is 1.12. The summed E-state index contributed by atoms with van der Waals surface area (Å²) in [6, 6.07) is 13.2. The summed E-state index contributed by atoms with van der Waals surface area (Å²) in [5.74, 6) is 1.14. The van der Waals surface area contributed by atoms with E-state index >= 15 is 0 Å². The van der Waals surface area contributed by atoms with E-state index in [1.807, 2.05) is 11.8 Å². The summed E-state index contributed by atoms with van der Waals surface area (Å²) >= 11 is 1.94. The first-order valence-electron chi connectivity index (χ1n) is 5.49. The van der Waals surface area contributed by atoms with Crippen LogP contribution in [-0.4, -0.2) is 5.75 Å². The Morgan fingerprint density at radius 1 is 1.00 bits per heavy atom. The number of fused-ring (bicyclic) bond motifs is 1. The molecule has 1 heteroatoms. The number of hydrogen-bond acceptors (Lipinski definition) is 1. The van der Waals surface area contributed by atoms with Gasteiger partial charge in [-0.2, -0.15) is 0 Å². The van der Waals surface area contributed by atoms with E-state index in [0.29, 0.717) is 0 Å². The van der Waals surface area contributed by atoms with E-state index in [9.17, 15) is 0 Å². The van der Waals surface area contributed by atoms with E-state index < -0.39 is 0 Å². The second-order valence-corrected chi connectivity index (χ2v) is 4.90. The molecular formula is C14H16S. The molecule has 0 unspecified atom stereocenters. The van der Waals surface area contributed by atoms with Crippen molar-refractivity contribution < 1.29 is 0 Å². The Morgan fingerprint density at radius 3 is 2.27 bits per heavy atom. The first-order valence-corrected chi connectivity index (χ1v) is 6.48. The third kappa shape index (κ3) is 2.18. The van der Waals surface area contributed by atoms with Crippen LogP contribution in [0.3, 0.4) is 0 Å². The van der Waals surface area contributed by atoms with Crippen LogP contribution in [0, 0.1) is 0 Å². The summed E-state index contributed by atoms with van der Waals surface area (Å²) in [6.45, 7) is 4.43. The normalized spacial score (nSPS) is 10.8. The minimum Gasteiger partial charge on any atom is -0.126 e. The van der Waals surface area contributed by atoms with Gasteiger partial charge in [-0.25, -0.2) is 0 Å². The summed E-state index contributed by atoms with van der Waals surface area (Å²) in [6.07, 6.45) is 1.12. The topological polar surface area (TPSA) is 0 Å². The average Bonchev–Trinajstić information content (AvgIpc) is 2.28. The summed E-state index contributed by atoms with van der Waals surface area (Å²) in [5, 5.41) is 2.71. The van der Waals surface area contributed by atoms with Crippen LogP contribution in [0.2, 0.25) is 0 Å². The molecule has 2 aromatic carbocycles. The first kappa shape index (κ1) is 10.6. The van der Waals surface area contributed by atoms with E-state index in [-0.39, 0.29) is 0 Å². The summed E-state index contributed by atoms with van der Waals surface area (Å²) in [5.41, 5.74) is 1.47. The van der Waals surface area contributed by atoms with E-state index in [1.165, 1.54) is 21.2 Å². The van der Waals surface area contributed by atoms with Crippen LogP contribution < -0.4 is 0 Å². The Kier molecular flexibility index (Phi) is 3.32. The molecule has 0 heterocycles. The largest absolute Gasteiger partial charge is 0.126 e. The van der Waals surface area contributed by atoms with Crippen molar-refractivity contribution in [3.8, 4) is 0 Å². The molecule has 2 rings (SSSR count). The van der Waals surface area contributed by atoms with E-state index in [0.717, 1.165) is 12.2 Å². The van der Waals surface area contributed by atoms with Crippen molar-refractivity contribution in [2.75, 3.05) is 5.75 Å². The van der Waals surface area contributed by atoms with Crippen molar-refractivity contribution in [1.82, 2.24) is 0 Å². The van der Waals surface area contributed by atoms with E-state index in [1.54, 1.807) is 0 Å². The molecule has 0 saturated carbocycles. The second-order valence-electron chi connectivity index (χ2n) is 3.59. The Labute approximate surface area is 95.7 Å². The summed E-state index contributed by atoms with van der Waals surface area (Å²) in [4.78, 5) is 1.44. The Hall–Kier alpha value is -0.950. The van der Waals surface area contributed by atoms with Crippen molar-refractivity contribution in [3.63, 3.8) is 0 Å². The smallest absolute Gasteiger partial charge is 0.0110 e. The molecule has 15 heavy (non-hydrogen) atoms. The highest BCUT2D eigenvalue weighted by atomic mass is 32.2. The monoisotopic (exact) mass is 216 g/mol. The zero-order valence-corrected chi connectivity index (χ0v) is 10.1. The van der Waals surface area contributed by atoms with Crippen LogP contribution in [0.1, 0.15) is 19.4 Å². The number of benzene rings is 2. The van der Waals surface area contributed by atoms with Gasteiger partial charge < -0.3 is 0 Å². The van der Waals surface area contributed by atoms with Crippen LogP contribution in [0.4, 0.5) is 0 Å². The number of rotatable bonds is 3. The van der Waals surface area contributed by atoms with Crippen LogP contribution in [0.5, 0.6) is 0 Å². The molecule has 0 saturated heterocycles. The number of aryl methyl sites for hydroxylation is 1. The standard InChI is InChI=1S/C14H16S/c1-3-11-9-12-7-5-6-8-13(12)10-14(11)15-4-2/h5-10H,3-4H2,1-2H3. The Balaban J connectivity index is 2.58. The minimum absolute atomic E-state index is 1.12. The van der Waals surface area contributed by atoms with Gasteiger partial charge in [-0.1, -0.05) is 44.2 Å². The molecule has 0 fully saturated rings. The van der Waals surface area contributed by atoms with Crippen molar-refractivity contribution >= 4 is 22.5 Å². The highest BCUT2D eigenvalue weighted by Gasteiger charge is 2.02. The molecule has 0 aliphatic carbocycles. The predicted molar refractivity (Wildman–Crippen MR) is 69.7 cm³/mol. The first-order chi connectivity index (χ1) is 7.35. The van der Waals surface area contributed by atoms with Gasteiger partial charge in [-0.05, 0) is 34.6 Å². The average molecular weight is 216 g/mol. The molecule has 0 spiro atoms. The molecular weight excluding hydrogens is 200 g/mol. The fourth-order valence-corrected chi connectivity index (χ4v) is 2.74. The quantitative estimate of drug-likeness (QED) is 0.680. The maximum Gasteiger partial charge on any atom is 0.0110 e. The van der Waals surface area contributed by atoms with Crippen molar-refractivity contribution in [2.45, 2.75) is 25.2 Å². The van der Waals surface area contributed by atoms with Crippen molar-refractivity contribution in [2.24, 2.45) is 0 Å². The van der Waals surface area contributed by atoms with Crippen LogP contribution >= 0.6 is 11.8 Å². The third-order valence-electron chi connectivity index (χ3n) is 2.61. The molecule has 0 atom stereocenters. The van der Waals surface area contributed by atoms with Gasteiger partial charge in [-0.15, -0.1) is 11.8 Å². The van der Waals surface area contributed by atoms with Crippen LogP contribution in [0.25, 0.3) is 10.8 Å². The highest BCUT2D eigenvalue weighted by molar-refractivity contribution is 7.99. The Morgan fingerprint density at radius 2 is 1.67 bits per heavy atom. The van der Waals surface area contributed by atoms with E-state index in [2.05, 4.69) is 50.2 Å². The highest BCUT2D eigenvalue weighted by Crippen LogP contribution is 2.28. The van der Waals surface area contributed by atoms with Crippen LogP contribution in [-0.2, 0) is 6.42 Å². The van der Waals surface area contributed by atoms with Gasteiger partial charge in [0.2, 0.25) is 0 Å². The number of thioether (sulfide) groups is 1. The zero-order valence-electron chi connectivity index (χ0n) is 9.29. The Bertz CT molecular complexity index is 460. The fourth-order valence-electron chi connectivity index (χ4n) is 1.83. The second kappa shape index (κ2) is 4.71. The summed E-state index contributed by atoms with van der Waals surface area (Å²) in [7, 11) is 0. The maximum atomic E-state index is 2.33. The lowest BCUT2D eigenvalue weighted by Crippen LogP contribution is -1.86. The van der Waals surface area contributed by atoms with Gasteiger partial charge in [0.05, 0.1) is 0 Å². The molecule has 0 bridgehead atoms. The molecule has 0 N–H and O–H groups in total. The predicted octanol–water partition coefficient (Wildman–Crippen LogP) is 4.51. The molecule has 0 aliphatic heterocycles. The third-order valence-corrected chi connectivity index (χ3v) is 3.59. The molecule has 2 aromatic rings. The molecule has 0 aliphatic rings. The van der Waals surface area contributed by atoms with Gasteiger partial charge in [0.25, 0.3) is 0 Å². The van der Waals surface area contributed by atoms with Gasteiger partial charge in [0.1, 0.15) is 0 Å². The molecule has 0 nitrogen and oxygen atoms in total. The summed E-state index contributed by atoms with van der Waals surface area (Å²) < 4.78 is 0. The SMILES string of the molecule is CCSc1cc2ccccc2cc1CC. The lowest BCUT2D eigenvalue weighted by molar-refractivity contribution is 1.09. The lowest BCUT2D eigenvalue weighted by atomic mass is 10.1. The van der Waals surface area contributed by atoms with Gasteiger partial charge in [-0.3, -0.25) is 0 Å². The van der Waals surface area contributed by atoms with Gasteiger partial charge >= 0.3 is 0 Å². The lowest BCUT2D eigenvalue weighted by Gasteiger charge is -2.08. The van der Waals surface area contributed by atoms with Gasteiger partial charge in [0, 0.05) is 4.90 Å². The van der Waals surface area contributed by atoms with Crippen LogP contribution in [0.15, 0.2) is 41.3 Å². The van der Waals surface area contributed by atoms with E-state index in [4.69, 9.17) is 0 Å². The van der Waals surface area contributed by atoms with Crippen molar-refractivity contribution in [3.05, 3.63) is 42.0 Å². The molecule has 0 radical (unpaired) electrons. The molecule has 78 valence electrons. The zero-order chi connectivity index (χ0) is 10.7. The fraction of sp³-hybridized carbons (Fsp3) is 0.286.